The highest BCUT2D eigenvalue weighted by molar-refractivity contribution is 4.98. The molecule has 1 atom stereocenters. The molecule has 0 aromatic carbocycles. The number of unbranched alkanes of at least 4 members (excludes halogenated alkanes) is 1. The Balaban J connectivity index is 3.52. The van der Waals surface area contributed by atoms with Crippen LogP contribution in [0.5, 0.6) is 0 Å². The van der Waals surface area contributed by atoms with Gasteiger partial charge in [-0.05, 0) is 12.3 Å². The molecule has 0 nitrogen and oxygen atoms in total. The van der Waals surface area contributed by atoms with Crippen LogP contribution in [-0.2, 0) is 0 Å². The summed E-state index contributed by atoms with van der Waals surface area (Å²) < 4.78 is 0. The van der Waals surface area contributed by atoms with Gasteiger partial charge in [0.15, 0.2) is 0 Å². The summed E-state index contributed by atoms with van der Waals surface area (Å²) in [7, 11) is 0. The molecule has 0 fully saturated rings. The van der Waals surface area contributed by atoms with Crippen molar-refractivity contribution >= 4 is 0 Å². The lowest BCUT2D eigenvalue weighted by atomic mass is 9.96. The summed E-state index contributed by atoms with van der Waals surface area (Å²) in [5.41, 5.74) is 0. The first-order chi connectivity index (χ1) is 5.85. The van der Waals surface area contributed by atoms with Crippen molar-refractivity contribution in [1.82, 2.24) is 0 Å². The van der Waals surface area contributed by atoms with Crippen molar-refractivity contribution in [1.29, 1.82) is 0 Å². The number of hydrogen-bond acceptors (Lipinski definition) is 0. The minimum absolute atomic E-state index is 0.851. The molecule has 0 saturated carbocycles. The average molecular weight is 166 g/mol. The minimum atomic E-state index is 0.851. The van der Waals surface area contributed by atoms with E-state index in [1.807, 2.05) is 0 Å². The van der Waals surface area contributed by atoms with Crippen LogP contribution in [0.25, 0.3) is 0 Å². The first-order valence-corrected chi connectivity index (χ1v) is 5.30. The van der Waals surface area contributed by atoms with Crippen molar-refractivity contribution in [3.05, 3.63) is 0 Å². The Morgan fingerprint density at radius 3 is 2.33 bits per heavy atom. The topological polar surface area (TPSA) is 0 Å². The van der Waals surface area contributed by atoms with Crippen LogP contribution in [-0.4, -0.2) is 0 Å². The normalized spacial score (nSPS) is 11.9. The summed E-state index contributed by atoms with van der Waals surface area (Å²) in [5, 5.41) is 0. The zero-order valence-corrected chi connectivity index (χ0v) is 8.82. The van der Waals surface area contributed by atoms with Gasteiger partial charge in [-0.15, -0.1) is 11.8 Å². The lowest BCUT2D eigenvalue weighted by Crippen LogP contribution is -1.96. The second kappa shape index (κ2) is 8.65. The second-order valence-electron chi connectivity index (χ2n) is 3.33. The molecule has 0 aromatic rings. The molecule has 70 valence electrons. The zero-order chi connectivity index (χ0) is 9.23. The number of rotatable bonds is 5. The molecule has 1 unspecified atom stereocenters. The molecule has 12 heavy (non-hydrogen) atoms. The van der Waals surface area contributed by atoms with Gasteiger partial charge in [0.25, 0.3) is 0 Å². The van der Waals surface area contributed by atoms with E-state index < -0.39 is 0 Å². The fourth-order valence-corrected chi connectivity index (χ4v) is 1.28. The summed E-state index contributed by atoms with van der Waals surface area (Å²) in [6.07, 6.45) is 7.46. The van der Waals surface area contributed by atoms with Crippen LogP contribution in [0.2, 0.25) is 0 Å². The molecule has 0 saturated heterocycles. The van der Waals surface area contributed by atoms with Gasteiger partial charge in [-0.1, -0.05) is 40.0 Å². The lowest BCUT2D eigenvalue weighted by Gasteiger charge is -2.09. The molecule has 0 aliphatic heterocycles. The van der Waals surface area contributed by atoms with Gasteiger partial charge < -0.3 is 0 Å². The Kier molecular flexibility index (Phi) is 8.34. The quantitative estimate of drug-likeness (QED) is 0.541. The smallest absolute Gasteiger partial charge is 0.0117 e. The largest absolute Gasteiger partial charge is 0.104 e. The first kappa shape index (κ1) is 11.6. The van der Waals surface area contributed by atoms with Crippen molar-refractivity contribution in [2.24, 2.45) is 5.92 Å². The molecule has 0 aliphatic rings. The van der Waals surface area contributed by atoms with Gasteiger partial charge in [-0.2, -0.15) is 0 Å². The van der Waals surface area contributed by atoms with E-state index in [0.717, 1.165) is 18.8 Å². The molecular weight excluding hydrogens is 144 g/mol. The van der Waals surface area contributed by atoms with Crippen molar-refractivity contribution < 1.29 is 0 Å². The number of hydrogen-bond donors (Lipinski definition) is 0. The van der Waals surface area contributed by atoms with Crippen LogP contribution in [0.1, 0.15) is 59.3 Å². The van der Waals surface area contributed by atoms with Crippen molar-refractivity contribution in [2.45, 2.75) is 59.3 Å². The van der Waals surface area contributed by atoms with E-state index in [9.17, 15) is 0 Å². The monoisotopic (exact) mass is 166 g/mol. The fraction of sp³-hybridized carbons (Fsp3) is 0.833. The van der Waals surface area contributed by atoms with Crippen LogP contribution in [0.4, 0.5) is 0 Å². The Bertz CT molecular complexity index is 136. The average Bonchev–Trinajstić information content (AvgIpc) is 2.11. The van der Waals surface area contributed by atoms with E-state index in [1.54, 1.807) is 0 Å². The highest BCUT2D eigenvalue weighted by Crippen LogP contribution is 2.15. The van der Waals surface area contributed by atoms with Gasteiger partial charge in [0.2, 0.25) is 0 Å². The van der Waals surface area contributed by atoms with Gasteiger partial charge in [0.05, 0.1) is 0 Å². The van der Waals surface area contributed by atoms with Crippen LogP contribution in [0.15, 0.2) is 0 Å². The molecule has 0 spiro atoms. The first-order valence-electron chi connectivity index (χ1n) is 5.30. The standard InChI is InChI=1S/C12H22/c1-4-7-9-11-12(6-3)10-8-5-2/h12H,4-6,8,10-11H2,1-3H3. The van der Waals surface area contributed by atoms with Gasteiger partial charge in [-0.3, -0.25) is 0 Å². The van der Waals surface area contributed by atoms with Crippen molar-refractivity contribution in [3.8, 4) is 11.8 Å². The third-order valence-electron chi connectivity index (χ3n) is 2.24. The van der Waals surface area contributed by atoms with Crippen LogP contribution in [0.3, 0.4) is 0 Å². The second-order valence-corrected chi connectivity index (χ2v) is 3.33. The zero-order valence-electron chi connectivity index (χ0n) is 8.82. The predicted molar refractivity (Wildman–Crippen MR) is 56.0 cm³/mol. The molecule has 0 heteroatoms. The molecule has 0 amide bonds. The van der Waals surface area contributed by atoms with E-state index in [2.05, 4.69) is 32.6 Å². The molecule has 0 bridgehead atoms. The summed E-state index contributed by atoms with van der Waals surface area (Å²) >= 11 is 0. The van der Waals surface area contributed by atoms with Crippen molar-refractivity contribution in [3.63, 3.8) is 0 Å². The van der Waals surface area contributed by atoms with Gasteiger partial charge in [0, 0.05) is 12.8 Å². The van der Waals surface area contributed by atoms with Crippen LogP contribution in [0, 0.1) is 17.8 Å². The third kappa shape index (κ3) is 6.28. The molecule has 0 radical (unpaired) electrons. The molecular formula is C12H22. The Morgan fingerprint density at radius 2 is 1.83 bits per heavy atom. The highest BCUT2D eigenvalue weighted by Gasteiger charge is 2.02. The Morgan fingerprint density at radius 1 is 1.08 bits per heavy atom. The maximum absolute atomic E-state index is 3.24. The molecule has 0 aliphatic carbocycles. The summed E-state index contributed by atoms with van der Waals surface area (Å²) in [5.74, 6) is 7.24. The summed E-state index contributed by atoms with van der Waals surface area (Å²) in [4.78, 5) is 0. The maximum Gasteiger partial charge on any atom is 0.0117 e. The Labute approximate surface area is 77.8 Å². The highest BCUT2D eigenvalue weighted by atomic mass is 14.1. The summed E-state index contributed by atoms with van der Waals surface area (Å²) in [6, 6.07) is 0. The van der Waals surface area contributed by atoms with E-state index in [-0.39, 0.29) is 0 Å². The van der Waals surface area contributed by atoms with E-state index in [4.69, 9.17) is 0 Å². The molecule has 0 N–H and O–H groups in total. The third-order valence-corrected chi connectivity index (χ3v) is 2.24. The summed E-state index contributed by atoms with van der Waals surface area (Å²) in [6.45, 7) is 6.64. The molecule has 0 rings (SSSR count). The van der Waals surface area contributed by atoms with E-state index in [0.29, 0.717) is 0 Å². The Hall–Kier alpha value is -0.440. The van der Waals surface area contributed by atoms with Gasteiger partial charge >= 0.3 is 0 Å². The predicted octanol–water partition coefficient (Wildman–Crippen LogP) is 4.01. The van der Waals surface area contributed by atoms with Crippen LogP contribution >= 0.6 is 0 Å². The lowest BCUT2D eigenvalue weighted by molar-refractivity contribution is 0.462. The van der Waals surface area contributed by atoms with Gasteiger partial charge in [-0.25, -0.2) is 0 Å². The molecule has 0 aromatic heterocycles. The van der Waals surface area contributed by atoms with E-state index >= 15 is 0 Å². The van der Waals surface area contributed by atoms with Crippen molar-refractivity contribution in [2.75, 3.05) is 0 Å². The van der Waals surface area contributed by atoms with Crippen LogP contribution < -0.4 is 0 Å². The fourth-order valence-electron chi connectivity index (χ4n) is 1.28. The minimum Gasteiger partial charge on any atom is -0.104 e. The SMILES string of the molecule is CCC#CCC(CC)CCCC. The molecule has 0 heterocycles. The maximum atomic E-state index is 3.24. The van der Waals surface area contributed by atoms with Gasteiger partial charge in [0.1, 0.15) is 0 Å². The van der Waals surface area contributed by atoms with E-state index in [1.165, 1.54) is 25.7 Å².